The first kappa shape index (κ1) is 13.8. The molecule has 3 rings (SSSR count). The normalized spacial score (nSPS) is 16.5. The Morgan fingerprint density at radius 2 is 2.00 bits per heavy atom. The van der Waals surface area contributed by atoms with E-state index in [0.717, 1.165) is 31.2 Å². The summed E-state index contributed by atoms with van der Waals surface area (Å²) in [4.78, 5) is 10.4. The highest BCUT2D eigenvalue weighted by molar-refractivity contribution is 5.46. The van der Waals surface area contributed by atoms with Gasteiger partial charge in [0.25, 0.3) is 0 Å². The molecule has 0 bridgehead atoms. The molecule has 0 saturated heterocycles. The number of amides is 1. The van der Waals surface area contributed by atoms with Crippen LogP contribution < -0.4 is 5.32 Å². The van der Waals surface area contributed by atoms with E-state index in [4.69, 9.17) is 0 Å². The summed E-state index contributed by atoms with van der Waals surface area (Å²) in [6.45, 7) is 0.646. The topological polar surface area (TPSA) is 29.1 Å². The van der Waals surface area contributed by atoms with Crippen molar-refractivity contribution in [2.24, 2.45) is 0 Å². The van der Waals surface area contributed by atoms with Crippen LogP contribution in [0.25, 0.3) is 0 Å². The van der Waals surface area contributed by atoms with Gasteiger partial charge in [0.05, 0.1) is 0 Å². The van der Waals surface area contributed by atoms with Crippen molar-refractivity contribution in [3.8, 4) is 0 Å². The molecule has 0 spiro atoms. The van der Waals surface area contributed by atoms with Crippen LogP contribution in [-0.2, 0) is 17.6 Å². The van der Waals surface area contributed by atoms with Crippen molar-refractivity contribution in [3.05, 3.63) is 70.5 Å². The van der Waals surface area contributed by atoms with E-state index in [1.165, 1.54) is 22.8 Å². The lowest BCUT2D eigenvalue weighted by molar-refractivity contribution is -0.109. The minimum Gasteiger partial charge on any atom is -0.359 e. The Balaban J connectivity index is 1.97. The molecule has 0 aromatic heterocycles. The third-order valence-electron chi connectivity index (χ3n) is 4.23. The van der Waals surface area contributed by atoms with Crippen LogP contribution in [-0.4, -0.2) is 13.0 Å². The molecule has 1 aliphatic rings. The molecule has 1 atom stereocenters. The Bertz CT molecular complexity index is 653. The van der Waals surface area contributed by atoms with Crippen LogP contribution in [0, 0.1) is 5.82 Å². The van der Waals surface area contributed by atoms with Gasteiger partial charge in [0, 0.05) is 6.54 Å². The molecule has 1 unspecified atom stereocenters. The van der Waals surface area contributed by atoms with Gasteiger partial charge in [-0.05, 0) is 59.6 Å². The minimum atomic E-state index is -0.176. The number of hydrogen-bond acceptors (Lipinski definition) is 1. The van der Waals surface area contributed by atoms with Crippen LogP contribution in [0.4, 0.5) is 4.39 Å². The first-order valence-electron chi connectivity index (χ1n) is 7.30. The van der Waals surface area contributed by atoms with Gasteiger partial charge in [0.15, 0.2) is 0 Å². The first-order valence-corrected chi connectivity index (χ1v) is 7.30. The number of carbonyl (C=O) groups excluding carboxylic acids is 1. The molecule has 0 heterocycles. The summed E-state index contributed by atoms with van der Waals surface area (Å²) in [5.41, 5.74) is 4.91. The monoisotopic (exact) mass is 283 g/mol. The zero-order valence-electron chi connectivity index (χ0n) is 11.8. The fraction of sp³-hybridized carbons (Fsp3) is 0.278. The molecule has 0 aliphatic heterocycles. The largest absolute Gasteiger partial charge is 0.359 e. The van der Waals surface area contributed by atoms with Gasteiger partial charge in [0.1, 0.15) is 5.82 Å². The van der Waals surface area contributed by atoms with E-state index in [2.05, 4.69) is 23.5 Å². The summed E-state index contributed by atoms with van der Waals surface area (Å²) in [6, 6.07) is 13.5. The molecule has 0 radical (unpaired) electrons. The number of hydrogen-bond donors (Lipinski definition) is 1. The highest BCUT2D eigenvalue weighted by atomic mass is 19.1. The third-order valence-corrected chi connectivity index (χ3v) is 4.23. The van der Waals surface area contributed by atoms with E-state index >= 15 is 0 Å². The number of rotatable bonds is 4. The molecular formula is C18H18FNO. The van der Waals surface area contributed by atoms with Crippen molar-refractivity contribution in [1.29, 1.82) is 0 Å². The zero-order valence-corrected chi connectivity index (χ0v) is 11.8. The number of halogens is 1. The van der Waals surface area contributed by atoms with Gasteiger partial charge in [-0.2, -0.15) is 0 Å². The average molecular weight is 283 g/mol. The average Bonchev–Trinajstić information content (AvgIpc) is 2.64. The second-order valence-corrected chi connectivity index (χ2v) is 5.55. The van der Waals surface area contributed by atoms with Crippen molar-refractivity contribution in [3.63, 3.8) is 0 Å². The Morgan fingerprint density at radius 3 is 2.86 bits per heavy atom. The molecule has 1 N–H and O–H groups in total. The minimum absolute atomic E-state index is 0.176. The van der Waals surface area contributed by atoms with Crippen molar-refractivity contribution in [2.75, 3.05) is 6.54 Å². The Morgan fingerprint density at radius 1 is 1.14 bits per heavy atom. The molecular weight excluding hydrogens is 265 g/mol. The molecule has 1 amide bonds. The molecule has 108 valence electrons. The summed E-state index contributed by atoms with van der Waals surface area (Å²) in [5.74, 6) is 0.140. The standard InChI is InChI=1S/C18H18FNO/c19-17-6-5-13-9-14-3-1-2-4-18(14)15(7-8-20-12-21)10-16(13)11-17/h1-6,11-12,15H,7-10H2,(H,20,21). The van der Waals surface area contributed by atoms with E-state index in [1.54, 1.807) is 6.07 Å². The van der Waals surface area contributed by atoms with Crippen LogP contribution >= 0.6 is 0 Å². The lowest BCUT2D eigenvalue weighted by Gasteiger charge is -2.17. The Kier molecular flexibility index (Phi) is 4.00. The van der Waals surface area contributed by atoms with Crippen molar-refractivity contribution in [1.82, 2.24) is 5.32 Å². The van der Waals surface area contributed by atoms with E-state index in [-0.39, 0.29) is 5.82 Å². The van der Waals surface area contributed by atoms with Crippen LogP contribution in [0.5, 0.6) is 0 Å². The van der Waals surface area contributed by atoms with Gasteiger partial charge in [-0.15, -0.1) is 0 Å². The highest BCUT2D eigenvalue weighted by Crippen LogP contribution is 2.33. The lowest BCUT2D eigenvalue weighted by atomic mass is 9.89. The number of benzene rings is 2. The molecule has 0 saturated carbocycles. The van der Waals surface area contributed by atoms with Gasteiger partial charge < -0.3 is 5.32 Å². The lowest BCUT2D eigenvalue weighted by Crippen LogP contribution is -2.16. The number of nitrogens with one attached hydrogen (secondary N) is 1. The molecule has 0 fully saturated rings. The fourth-order valence-corrected chi connectivity index (χ4v) is 3.21. The van der Waals surface area contributed by atoms with Crippen LogP contribution in [0.1, 0.15) is 34.6 Å². The fourth-order valence-electron chi connectivity index (χ4n) is 3.21. The van der Waals surface area contributed by atoms with E-state index in [0.29, 0.717) is 12.5 Å². The predicted octanol–water partition coefficient (Wildman–Crippen LogP) is 3.19. The smallest absolute Gasteiger partial charge is 0.207 e. The molecule has 2 aromatic rings. The van der Waals surface area contributed by atoms with E-state index < -0.39 is 0 Å². The van der Waals surface area contributed by atoms with Crippen molar-refractivity contribution >= 4 is 6.41 Å². The number of carbonyl (C=O) groups is 1. The SMILES string of the molecule is O=CNCCC1Cc2cc(F)ccc2Cc2ccccc21. The van der Waals surface area contributed by atoms with Crippen molar-refractivity contribution in [2.45, 2.75) is 25.2 Å². The third kappa shape index (κ3) is 2.97. The maximum atomic E-state index is 13.5. The molecule has 3 heteroatoms. The van der Waals surface area contributed by atoms with Crippen LogP contribution in [0.15, 0.2) is 42.5 Å². The van der Waals surface area contributed by atoms with E-state index in [9.17, 15) is 9.18 Å². The first-order chi connectivity index (χ1) is 10.3. The zero-order chi connectivity index (χ0) is 14.7. The Labute approximate surface area is 124 Å². The van der Waals surface area contributed by atoms with Crippen LogP contribution in [0.2, 0.25) is 0 Å². The predicted molar refractivity (Wildman–Crippen MR) is 80.8 cm³/mol. The van der Waals surface area contributed by atoms with Gasteiger partial charge in [-0.1, -0.05) is 30.3 Å². The molecule has 2 nitrogen and oxygen atoms in total. The molecule has 1 aliphatic carbocycles. The maximum Gasteiger partial charge on any atom is 0.207 e. The van der Waals surface area contributed by atoms with Gasteiger partial charge >= 0.3 is 0 Å². The molecule has 2 aromatic carbocycles. The van der Waals surface area contributed by atoms with Gasteiger partial charge in [-0.25, -0.2) is 4.39 Å². The summed E-state index contributed by atoms with van der Waals surface area (Å²) >= 11 is 0. The van der Waals surface area contributed by atoms with E-state index in [1.807, 2.05) is 12.1 Å². The quantitative estimate of drug-likeness (QED) is 0.677. The second-order valence-electron chi connectivity index (χ2n) is 5.55. The Hall–Kier alpha value is -2.16. The van der Waals surface area contributed by atoms with Gasteiger partial charge in [-0.3, -0.25) is 4.79 Å². The van der Waals surface area contributed by atoms with Crippen LogP contribution in [0.3, 0.4) is 0 Å². The summed E-state index contributed by atoms with van der Waals surface area (Å²) in [7, 11) is 0. The summed E-state index contributed by atoms with van der Waals surface area (Å²) < 4.78 is 13.5. The van der Waals surface area contributed by atoms with Gasteiger partial charge in [0.2, 0.25) is 6.41 Å². The molecule has 21 heavy (non-hydrogen) atoms. The summed E-state index contributed by atoms with van der Waals surface area (Å²) in [5, 5.41) is 2.73. The summed E-state index contributed by atoms with van der Waals surface area (Å²) in [6.07, 6.45) is 3.27. The highest BCUT2D eigenvalue weighted by Gasteiger charge is 2.21. The van der Waals surface area contributed by atoms with Crippen molar-refractivity contribution < 1.29 is 9.18 Å². The number of fused-ring (bicyclic) bond motifs is 2. The maximum absolute atomic E-state index is 13.5. The second kappa shape index (κ2) is 6.08.